The van der Waals surface area contributed by atoms with Crippen molar-refractivity contribution in [1.29, 1.82) is 0 Å². The molecule has 2 aliphatic rings. The number of benzene rings is 2. The molecule has 0 bridgehead atoms. The van der Waals surface area contributed by atoms with E-state index in [4.69, 9.17) is 4.74 Å². The number of anilines is 2. The van der Waals surface area contributed by atoms with E-state index in [-0.39, 0.29) is 11.6 Å². The molecule has 0 saturated carbocycles. The largest absolute Gasteiger partial charge is 0.494 e. The van der Waals surface area contributed by atoms with E-state index in [1.807, 2.05) is 6.07 Å². The molecule has 0 saturated heterocycles. The summed E-state index contributed by atoms with van der Waals surface area (Å²) in [5, 5.41) is 10.8. The number of hydrogen-bond acceptors (Lipinski definition) is 2. The highest BCUT2D eigenvalue weighted by Crippen LogP contribution is 2.40. The first-order chi connectivity index (χ1) is 11.2. The maximum Gasteiger partial charge on any atom is 0.165 e. The van der Waals surface area contributed by atoms with E-state index in [9.17, 15) is 8.78 Å². The number of fused-ring (bicyclic) bond motifs is 3. The lowest BCUT2D eigenvalue weighted by atomic mass is 10.2. The number of rotatable bonds is 3. The third kappa shape index (κ3) is 2.19. The molecule has 1 aliphatic carbocycles. The van der Waals surface area contributed by atoms with E-state index in [0.717, 1.165) is 22.0 Å². The van der Waals surface area contributed by atoms with Crippen LogP contribution in [0.5, 0.6) is 5.75 Å². The van der Waals surface area contributed by atoms with Crippen LogP contribution in [0.15, 0.2) is 42.5 Å². The number of halogens is 2. The summed E-state index contributed by atoms with van der Waals surface area (Å²) in [6.07, 6.45) is 0. The summed E-state index contributed by atoms with van der Waals surface area (Å²) in [4.78, 5) is 0. The van der Waals surface area contributed by atoms with Crippen molar-refractivity contribution in [1.82, 2.24) is 10.2 Å². The van der Waals surface area contributed by atoms with Gasteiger partial charge in [0.2, 0.25) is 0 Å². The highest BCUT2D eigenvalue weighted by atomic mass is 19.1. The summed E-state index contributed by atoms with van der Waals surface area (Å²) < 4.78 is 32.2. The van der Waals surface area contributed by atoms with Crippen molar-refractivity contribution in [2.75, 3.05) is 12.4 Å². The third-order valence-corrected chi connectivity index (χ3v) is 3.84. The minimum atomic E-state index is -0.406. The lowest BCUT2D eigenvalue weighted by Crippen LogP contribution is -1.91. The van der Waals surface area contributed by atoms with Crippen molar-refractivity contribution < 1.29 is 13.5 Å². The zero-order valence-electron chi connectivity index (χ0n) is 12.2. The molecule has 1 heterocycles. The molecule has 23 heavy (non-hydrogen) atoms. The molecular weight excluding hydrogens is 300 g/mol. The van der Waals surface area contributed by atoms with Gasteiger partial charge in [-0.3, -0.25) is 10.2 Å². The molecule has 6 heteroatoms. The summed E-state index contributed by atoms with van der Waals surface area (Å²) in [5.74, 6) is 0.151. The fourth-order valence-electron chi connectivity index (χ4n) is 2.77. The zero-order valence-corrected chi connectivity index (χ0v) is 12.2. The average Bonchev–Trinajstić information content (AvgIpc) is 3.06. The second-order valence-electron chi connectivity index (χ2n) is 5.27. The summed E-state index contributed by atoms with van der Waals surface area (Å²) >= 11 is 0. The normalized spacial score (nSPS) is 11.3. The van der Waals surface area contributed by atoms with Gasteiger partial charge in [-0.05, 0) is 41.8 Å². The van der Waals surface area contributed by atoms with Gasteiger partial charge in [0, 0.05) is 16.6 Å². The Kier molecular flexibility index (Phi) is 2.97. The smallest absolute Gasteiger partial charge is 0.165 e. The molecule has 4 nitrogen and oxygen atoms in total. The first-order valence-electron chi connectivity index (χ1n) is 7.04. The lowest BCUT2D eigenvalue weighted by Gasteiger charge is -2.04. The van der Waals surface area contributed by atoms with Crippen LogP contribution in [0.4, 0.5) is 20.3 Å². The maximum atomic E-state index is 13.8. The molecule has 0 spiro atoms. The molecule has 1 aliphatic heterocycles. The molecule has 0 fully saturated rings. The van der Waals surface area contributed by atoms with Crippen LogP contribution in [0, 0.1) is 11.6 Å². The fourth-order valence-corrected chi connectivity index (χ4v) is 2.77. The highest BCUT2D eigenvalue weighted by molar-refractivity contribution is 6.04. The van der Waals surface area contributed by atoms with Crippen molar-refractivity contribution in [2.45, 2.75) is 0 Å². The summed E-state index contributed by atoms with van der Waals surface area (Å²) in [7, 11) is 1.43. The van der Waals surface area contributed by atoms with Gasteiger partial charge in [0.05, 0.1) is 12.8 Å². The Labute approximate surface area is 130 Å². The highest BCUT2D eigenvalue weighted by Gasteiger charge is 2.19. The van der Waals surface area contributed by atoms with E-state index in [1.54, 1.807) is 18.2 Å². The van der Waals surface area contributed by atoms with Gasteiger partial charge in [-0.15, -0.1) is 0 Å². The van der Waals surface area contributed by atoms with Gasteiger partial charge in [0.15, 0.2) is 11.6 Å². The van der Waals surface area contributed by atoms with Crippen molar-refractivity contribution in [3.63, 3.8) is 0 Å². The van der Waals surface area contributed by atoms with Gasteiger partial charge in [0.25, 0.3) is 0 Å². The number of H-pyrrole nitrogens is 2. The molecule has 0 atom stereocenters. The fraction of sp³-hybridized carbons (Fsp3) is 0.0588. The number of ether oxygens (including phenoxy) is 1. The van der Waals surface area contributed by atoms with Crippen molar-refractivity contribution in [3.05, 3.63) is 54.1 Å². The second-order valence-corrected chi connectivity index (χ2v) is 5.27. The summed E-state index contributed by atoms with van der Waals surface area (Å²) in [6.45, 7) is 0. The molecule has 2 aromatic rings. The monoisotopic (exact) mass is 313 g/mol. The Bertz CT molecular complexity index is 973. The van der Waals surface area contributed by atoms with E-state index in [1.165, 1.54) is 25.3 Å². The Balaban J connectivity index is 1.79. The van der Waals surface area contributed by atoms with Crippen LogP contribution in [0.1, 0.15) is 0 Å². The van der Waals surface area contributed by atoms with Crippen molar-refractivity contribution in [3.8, 4) is 17.0 Å². The molecule has 116 valence electrons. The van der Waals surface area contributed by atoms with Crippen molar-refractivity contribution in [2.24, 2.45) is 0 Å². The van der Waals surface area contributed by atoms with Gasteiger partial charge in [0.1, 0.15) is 11.6 Å². The third-order valence-electron chi connectivity index (χ3n) is 3.84. The maximum absolute atomic E-state index is 13.8. The van der Waals surface area contributed by atoms with Crippen LogP contribution in [0.2, 0.25) is 0 Å². The van der Waals surface area contributed by atoms with Crippen LogP contribution in [0.3, 0.4) is 0 Å². The lowest BCUT2D eigenvalue weighted by molar-refractivity contribution is 0.387. The Hall–Kier alpha value is -3.02. The SMILES string of the molecule is COc1cc2c3[nH][nH]c(Nc4cccc(F)c4)c-3cc2cc1F. The molecule has 3 N–H and O–H groups in total. The first kappa shape index (κ1) is 13.6. The predicted molar refractivity (Wildman–Crippen MR) is 85.5 cm³/mol. The quantitative estimate of drug-likeness (QED) is 0.516. The molecule has 2 aromatic carbocycles. The van der Waals surface area contributed by atoms with E-state index in [0.29, 0.717) is 11.5 Å². The van der Waals surface area contributed by atoms with Crippen LogP contribution >= 0.6 is 0 Å². The number of aromatic nitrogens is 2. The Morgan fingerprint density at radius 2 is 1.91 bits per heavy atom. The summed E-state index contributed by atoms with van der Waals surface area (Å²) in [5.41, 5.74) is 2.31. The Morgan fingerprint density at radius 1 is 1.04 bits per heavy atom. The van der Waals surface area contributed by atoms with Gasteiger partial charge < -0.3 is 10.1 Å². The van der Waals surface area contributed by atoms with Crippen LogP contribution < -0.4 is 10.1 Å². The molecular formula is C17H13F2N3O. The van der Waals surface area contributed by atoms with Gasteiger partial charge in [-0.25, -0.2) is 8.78 Å². The van der Waals surface area contributed by atoms with E-state index >= 15 is 0 Å². The molecule has 4 rings (SSSR count). The zero-order chi connectivity index (χ0) is 16.0. The number of methoxy groups -OCH3 is 1. The average molecular weight is 313 g/mol. The Morgan fingerprint density at radius 3 is 2.70 bits per heavy atom. The topological polar surface area (TPSA) is 52.8 Å². The number of hydrogen-bond donors (Lipinski definition) is 3. The summed E-state index contributed by atoms with van der Waals surface area (Å²) in [6, 6.07) is 11.1. The molecule has 0 amide bonds. The number of nitrogens with one attached hydrogen (secondary N) is 3. The first-order valence-corrected chi connectivity index (χ1v) is 7.04. The van der Waals surface area contributed by atoms with Crippen molar-refractivity contribution >= 4 is 22.3 Å². The minimum absolute atomic E-state index is 0.194. The van der Waals surface area contributed by atoms with Gasteiger partial charge in [-0.1, -0.05) is 6.07 Å². The predicted octanol–water partition coefficient (Wildman–Crippen LogP) is 4.63. The van der Waals surface area contributed by atoms with E-state index < -0.39 is 5.82 Å². The standard InChI is InChI=1S/C17H13F2N3O/c1-23-15-8-12-9(6-14(15)19)5-13-16(12)21-22-17(13)20-11-4-2-3-10(18)7-11/h2-8,20-22H,1H3. The molecule has 0 unspecified atom stereocenters. The number of aromatic amines is 2. The second kappa shape index (κ2) is 5.01. The van der Waals surface area contributed by atoms with Gasteiger partial charge >= 0.3 is 0 Å². The molecule has 0 radical (unpaired) electrons. The van der Waals surface area contributed by atoms with Crippen LogP contribution in [-0.4, -0.2) is 17.3 Å². The van der Waals surface area contributed by atoms with Crippen LogP contribution in [-0.2, 0) is 0 Å². The van der Waals surface area contributed by atoms with Crippen LogP contribution in [0.25, 0.3) is 22.0 Å². The van der Waals surface area contributed by atoms with E-state index in [2.05, 4.69) is 15.5 Å². The minimum Gasteiger partial charge on any atom is -0.494 e. The van der Waals surface area contributed by atoms with Gasteiger partial charge in [-0.2, -0.15) is 0 Å². The molecule has 0 aromatic heterocycles.